The first-order valence-electron chi connectivity index (χ1n) is 11.5. The molecule has 28 heavy (non-hydrogen) atoms. The Morgan fingerprint density at radius 3 is 2.39 bits per heavy atom. The maximum Gasteiger partial charge on any atom is 0.331 e. The lowest BCUT2D eigenvalue weighted by Gasteiger charge is -2.69. The summed E-state index contributed by atoms with van der Waals surface area (Å²) in [5.41, 5.74) is 1.57. The van der Waals surface area contributed by atoms with Gasteiger partial charge in [0.15, 0.2) is 0 Å². The summed E-state index contributed by atoms with van der Waals surface area (Å²) in [6, 6.07) is 0. The van der Waals surface area contributed by atoms with E-state index in [2.05, 4.69) is 27.7 Å². The first-order valence-corrected chi connectivity index (χ1v) is 11.5. The van der Waals surface area contributed by atoms with Crippen LogP contribution in [0.5, 0.6) is 0 Å². The van der Waals surface area contributed by atoms with Crippen molar-refractivity contribution in [2.75, 3.05) is 0 Å². The highest BCUT2D eigenvalue weighted by Crippen LogP contribution is 2.72. The Morgan fingerprint density at radius 1 is 0.929 bits per heavy atom. The molecule has 3 nitrogen and oxygen atoms in total. The summed E-state index contributed by atoms with van der Waals surface area (Å²) < 4.78 is 5.76. The maximum absolute atomic E-state index is 12.6. The molecular weight excluding hydrogens is 348 g/mol. The van der Waals surface area contributed by atoms with E-state index in [1.807, 2.05) is 0 Å². The molecule has 0 N–H and O–H groups in total. The molecule has 1 aliphatic heterocycles. The zero-order chi connectivity index (χ0) is 19.9. The number of aldehydes is 1. The molecule has 0 bridgehead atoms. The molecule has 154 valence electrons. The highest BCUT2D eigenvalue weighted by molar-refractivity contribution is 5.87. The van der Waals surface area contributed by atoms with Crippen LogP contribution in [0.4, 0.5) is 0 Å². The van der Waals surface area contributed by atoms with Crippen molar-refractivity contribution >= 4 is 12.3 Å². The molecular formula is C25H36O3. The van der Waals surface area contributed by atoms with Crippen molar-refractivity contribution in [1.82, 2.24) is 0 Å². The van der Waals surface area contributed by atoms with Gasteiger partial charge >= 0.3 is 5.97 Å². The van der Waals surface area contributed by atoms with Gasteiger partial charge in [0.25, 0.3) is 0 Å². The number of fused-ring (bicyclic) bond motifs is 7. The van der Waals surface area contributed by atoms with Gasteiger partial charge in [0, 0.05) is 6.08 Å². The molecule has 1 heterocycles. The zero-order valence-corrected chi connectivity index (χ0v) is 18.1. The number of esters is 1. The summed E-state index contributed by atoms with van der Waals surface area (Å²) in [5.74, 6) is 1.57. The van der Waals surface area contributed by atoms with E-state index in [0.717, 1.165) is 37.2 Å². The molecule has 4 aliphatic carbocycles. The molecule has 4 fully saturated rings. The van der Waals surface area contributed by atoms with Crippen LogP contribution < -0.4 is 0 Å². The van der Waals surface area contributed by atoms with Gasteiger partial charge in [-0.1, -0.05) is 34.1 Å². The van der Waals surface area contributed by atoms with Gasteiger partial charge in [0.05, 0.1) is 5.41 Å². The minimum absolute atomic E-state index is 0.179. The first kappa shape index (κ1) is 18.9. The lowest BCUT2D eigenvalue weighted by molar-refractivity contribution is -0.212. The Bertz CT molecular complexity index is 751. The number of ether oxygens (including phenoxy) is 1. The Morgan fingerprint density at radius 2 is 1.64 bits per heavy atom. The average Bonchev–Trinajstić information content (AvgIpc) is 3.01. The van der Waals surface area contributed by atoms with Gasteiger partial charge in [-0.2, -0.15) is 0 Å². The Balaban J connectivity index is 1.56. The molecule has 0 unspecified atom stereocenters. The van der Waals surface area contributed by atoms with Gasteiger partial charge in [-0.25, -0.2) is 4.79 Å². The molecule has 0 aromatic rings. The highest BCUT2D eigenvalue weighted by Gasteiger charge is 2.68. The van der Waals surface area contributed by atoms with Crippen LogP contribution in [0.25, 0.3) is 0 Å². The predicted octanol–water partition coefficient (Wildman–Crippen LogP) is 5.48. The number of hydrogen-bond donors (Lipinski definition) is 0. The van der Waals surface area contributed by atoms with Crippen LogP contribution in [-0.4, -0.2) is 18.4 Å². The Hall–Kier alpha value is -1.12. The number of rotatable bonds is 1. The largest absolute Gasteiger partial charge is 0.454 e. The molecule has 0 spiro atoms. The Labute approximate surface area is 169 Å². The van der Waals surface area contributed by atoms with Crippen molar-refractivity contribution < 1.29 is 14.3 Å². The third-order valence-electron chi connectivity index (χ3n) is 10.5. The van der Waals surface area contributed by atoms with Gasteiger partial charge in [-0.3, -0.25) is 0 Å². The topological polar surface area (TPSA) is 43.4 Å². The predicted molar refractivity (Wildman–Crippen MR) is 108 cm³/mol. The van der Waals surface area contributed by atoms with Crippen LogP contribution in [0.1, 0.15) is 85.5 Å². The summed E-state index contributed by atoms with van der Waals surface area (Å²) in [6.07, 6.45) is 13.1. The molecule has 0 aromatic carbocycles. The quantitative estimate of drug-likeness (QED) is 0.444. The first-order chi connectivity index (χ1) is 13.2. The van der Waals surface area contributed by atoms with Crippen LogP contribution in [0, 0.1) is 39.4 Å². The third-order valence-corrected chi connectivity index (χ3v) is 10.5. The van der Waals surface area contributed by atoms with Gasteiger partial charge in [-0.15, -0.1) is 0 Å². The van der Waals surface area contributed by atoms with Crippen molar-refractivity contribution in [1.29, 1.82) is 0 Å². The van der Waals surface area contributed by atoms with E-state index in [9.17, 15) is 9.59 Å². The van der Waals surface area contributed by atoms with E-state index < -0.39 is 5.41 Å². The fourth-order valence-corrected chi connectivity index (χ4v) is 9.48. The molecule has 0 saturated heterocycles. The second-order valence-electron chi connectivity index (χ2n) is 11.9. The molecule has 4 saturated carbocycles. The van der Waals surface area contributed by atoms with E-state index in [4.69, 9.17) is 4.74 Å². The molecule has 0 radical (unpaired) electrons. The zero-order valence-electron chi connectivity index (χ0n) is 18.1. The molecule has 0 aromatic heterocycles. The van der Waals surface area contributed by atoms with Crippen LogP contribution in [0.2, 0.25) is 0 Å². The maximum atomic E-state index is 12.6. The molecule has 5 rings (SSSR count). The van der Waals surface area contributed by atoms with E-state index in [1.165, 1.54) is 38.4 Å². The fraction of sp³-hybridized carbons (Fsp3) is 0.840. The number of carbonyl (C=O) groups excluding carboxylic acids is 2. The van der Waals surface area contributed by atoms with Crippen molar-refractivity contribution in [3.05, 3.63) is 11.6 Å². The van der Waals surface area contributed by atoms with Crippen LogP contribution >= 0.6 is 0 Å². The lowest BCUT2D eigenvalue weighted by atomic mass is 9.35. The van der Waals surface area contributed by atoms with Gasteiger partial charge in [-0.05, 0) is 90.9 Å². The van der Waals surface area contributed by atoms with Crippen molar-refractivity contribution in [3.8, 4) is 0 Å². The second kappa shape index (κ2) is 5.73. The highest BCUT2D eigenvalue weighted by atomic mass is 16.5. The average molecular weight is 385 g/mol. The van der Waals surface area contributed by atoms with Gasteiger partial charge in [0.2, 0.25) is 0 Å². The van der Waals surface area contributed by atoms with Gasteiger partial charge < -0.3 is 9.53 Å². The molecule has 7 atom stereocenters. The van der Waals surface area contributed by atoms with Crippen molar-refractivity contribution in [3.63, 3.8) is 0 Å². The summed E-state index contributed by atoms with van der Waals surface area (Å²) in [7, 11) is 0. The number of hydrogen-bond acceptors (Lipinski definition) is 3. The van der Waals surface area contributed by atoms with Gasteiger partial charge in [0.1, 0.15) is 12.4 Å². The van der Waals surface area contributed by atoms with E-state index >= 15 is 0 Å². The van der Waals surface area contributed by atoms with Crippen molar-refractivity contribution in [2.45, 2.75) is 91.6 Å². The summed E-state index contributed by atoms with van der Waals surface area (Å²) in [5, 5.41) is 0. The normalized spacial score (nSPS) is 51.7. The standard InChI is InChI=1S/C25H36O3/c1-22(2)10-5-11-23(3)17(22)8-12-24(4)18(23)9-13-25(15-26)19(24)7-6-16-14-20(27)28-21(16)25/h14-15,17-19,21H,5-13H2,1-4H3/t17-,18+,19+,21+,23-,24-,25-/m0/s1. The molecule has 5 aliphatic rings. The Kier molecular flexibility index (Phi) is 3.86. The van der Waals surface area contributed by atoms with Crippen molar-refractivity contribution in [2.24, 2.45) is 39.4 Å². The molecule has 0 amide bonds. The number of carbonyl (C=O) groups is 2. The van der Waals surface area contributed by atoms with Crippen LogP contribution in [0.3, 0.4) is 0 Å². The SMILES string of the molecule is CC1(C)CCC[C@]2(C)[C@H]3CC[C@@]4(C=O)[C@@H]5OC(=O)C=C5CC[C@@H]4[C@@]3(C)CC[C@@H]12. The van der Waals surface area contributed by atoms with Crippen LogP contribution in [0.15, 0.2) is 11.6 Å². The minimum atomic E-state index is -0.491. The van der Waals surface area contributed by atoms with E-state index in [0.29, 0.717) is 22.7 Å². The summed E-state index contributed by atoms with van der Waals surface area (Å²) in [4.78, 5) is 24.6. The van der Waals surface area contributed by atoms with E-state index in [1.54, 1.807) is 6.08 Å². The second-order valence-corrected chi connectivity index (χ2v) is 11.9. The minimum Gasteiger partial charge on any atom is -0.454 e. The smallest absolute Gasteiger partial charge is 0.331 e. The monoisotopic (exact) mass is 384 g/mol. The lowest BCUT2D eigenvalue weighted by Crippen LogP contribution is -2.64. The van der Waals surface area contributed by atoms with Crippen LogP contribution in [-0.2, 0) is 14.3 Å². The molecule has 3 heteroatoms. The summed E-state index contributed by atoms with van der Waals surface area (Å²) in [6.45, 7) is 10.1. The summed E-state index contributed by atoms with van der Waals surface area (Å²) >= 11 is 0. The fourth-order valence-electron chi connectivity index (χ4n) is 9.48. The third kappa shape index (κ3) is 2.17. The van der Waals surface area contributed by atoms with E-state index in [-0.39, 0.29) is 17.5 Å².